The van der Waals surface area contributed by atoms with Gasteiger partial charge in [0.15, 0.2) is 5.75 Å². The zero-order chi connectivity index (χ0) is 17.2. The molecule has 0 radical (unpaired) electrons. The Labute approximate surface area is 147 Å². The summed E-state index contributed by atoms with van der Waals surface area (Å²) in [4.78, 5) is 14.5. The van der Waals surface area contributed by atoms with Crippen LogP contribution in [0.2, 0.25) is 10.0 Å². The number of methoxy groups -OCH3 is 1. The molecular weight excluding hydrogens is 339 g/mol. The zero-order valence-corrected chi connectivity index (χ0v) is 15.3. The number of hydrogen-bond donors (Lipinski definition) is 1. The van der Waals surface area contributed by atoms with Crippen molar-refractivity contribution in [1.82, 2.24) is 10.2 Å². The van der Waals surface area contributed by atoms with Crippen molar-refractivity contribution in [2.24, 2.45) is 0 Å². The zero-order valence-electron chi connectivity index (χ0n) is 13.8. The van der Waals surface area contributed by atoms with Crippen LogP contribution in [-0.2, 0) is 4.74 Å². The molecule has 0 aromatic heterocycles. The number of likely N-dealkylation sites (N-methyl/N-ethyl adjacent to an activating group) is 1. The summed E-state index contributed by atoms with van der Waals surface area (Å²) < 4.78 is 10.7. The van der Waals surface area contributed by atoms with Crippen LogP contribution in [0.3, 0.4) is 0 Å². The molecule has 1 aromatic carbocycles. The highest BCUT2D eigenvalue weighted by Crippen LogP contribution is 2.33. The lowest BCUT2D eigenvalue weighted by Gasteiger charge is -2.17. The van der Waals surface area contributed by atoms with Crippen molar-refractivity contribution < 1.29 is 14.3 Å². The predicted molar refractivity (Wildman–Crippen MR) is 94.0 cm³/mol. The molecule has 0 aliphatic heterocycles. The third kappa shape index (κ3) is 6.18. The second kappa shape index (κ2) is 10.7. The van der Waals surface area contributed by atoms with E-state index in [0.717, 1.165) is 19.6 Å². The molecule has 0 heterocycles. The predicted octanol–water partition coefficient (Wildman–Crippen LogP) is 3.09. The van der Waals surface area contributed by atoms with Crippen LogP contribution in [0, 0.1) is 0 Å². The number of rotatable bonds is 10. The molecule has 1 rings (SSSR count). The minimum atomic E-state index is -0.332. The fourth-order valence-corrected chi connectivity index (χ4v) is 2.57. The van der Waals surface area contributed by atoms with Crippen LogP contribution in [0.15, 0.2) is 12.1 Å². The van der Waals surface area contributed by atoms with Crippen LogP contribution >= 0.6 is 23.2 Å². The van der Waals surface area contributed by atoms with Gasteiger partial charge in [-0.3, -0.25) is 4.79 Å². The average molecular weight is 363 g/mol. The molecule has 0 aliphatic carbocycles. The van der Waals surface area contributed by atoms with Gasteiger partial charge in [0.05, 0.1) is 30.4 Å². The van der Waals surface area contributed by atoms with Gasteiger partial charge in [0.25, 0.3) is 5.91 Å². The molecule has 1 aromatic rings. The maximum atomic E-state index is 12.2. The summed E-state index contributed by atoms with van der Waals surface area (Å²) in [5, 5.41) is 3.40. The van der Waals surface area contributed by atoms with Crippen LogP contribution in [0.25, 0.3) is 0 Å². The van der Waals surface area contributed by atoms with E-state index < -0.39 is 0 Å². The van der Waals surface area contributed by atoms with Gasteiger partial charge in [0, 0.05) is 13.1 Å². The number of carbonyl (C=O) groups excluding carboxylic acids is 1. The molecule has 0 saturated heterocycles. The second-order valence-electron chi connectivity index (χ2n) is 4.83. The number of amides is 1. The Morgan fingerprint density at radius 3 is 2.43 bits per heavy atom. The van der Waals surface area contributed by atoms with Crippen molar-refractivity contribution in [3.05, 3.63) is 27.7 Å². The van der Waals surface area contributed by atoms with E-state index in [4.69, 9.17) is 32.7 Å². The van der Waals surface area contributed by atoms with Gasteiger partial charge in [-0.05, 0) is 25.2 Å². The first-order chi connectivity index (χ1) is 11.0. The van der Waals surface area contributed by atoms with Crippen molar-refractivity contribution in [1.29, 1.82) is 0 Å². The van der Waals surface area contributed by atoms with Crippen LogP contribution in [0.1, 0.15) is 24.2 Å². The fourth-order valence-electron chi connectivity index (χ4n) is 2.11. The Morgan fingerprint density at radius 2 is 1.83 bits per heavy atom. The molecule has 1 N–H and O–H groups in total. The second-order valence-corrected chi connectivity index (χ2v) is 5.65. The van der Waals surface area contributed by atoms with Crippen LogP contribution in [0.4, 0.5) is 0 Å². The maximum Gasteiger partial charge on any atom is 0.256 e. The average Bonchev–Trinajstić information content (AvgIpc) is 2.55. The van der Waals surface area contributed by atoms with Gasteiger partial charge in [0.1, 0.15) is 5.56 Å². The lowest BCUT2D eigenvalue weighted by molar-refractivity contribution is 0.0882. The van der Waals surface area contributed by atoms with Gasteiger partial charge in [-0.25, -0.2) is 0 Å². The maximum absolute atomic E-state index is 12.2. The summed E-state index contributed by atoms with van der Waals surface area (Å²) in [6.45, 7) is 8.59. The Kier molecular flexibility index (Phi) is 9.33. The van der Waals surface area contributed by atoms with Crippen molar-refractivity contribution >= 4 is 29.1 Å². The molecule has 5 nitrogen and oxygen atoms in total. The van der Waals surface area contributed by atoms with E-state index in [1.807, 2.05) is 0 Å². The Morgan fingerprint density at radius 1 is 1.17 bits per heavy atom. The molecule has 0 spiro atoms. The van der Waals surface area contributed by atoms with Crippen molar-refractivity contribution in [3.63, 3.8) is 0 Å². The first-order valence-corrected chi connectivity index (χ1v) is 8.40. The molecule has 0 fully saturated rings. The van der Waals surface area contributed by atoms with Crippen molar-refractivity contribution in [2.75, 3.05) is 46.5 Å². The highest BCUT2D eigenvalue weighted by Gasteiger charge is 2.18. The first-order valence-electron chi connectivity index (χ1n) is 7.65. The van der Waals surface area contributed by atoms with Gasteiger partial charge in [-0.2, -0.15) is 0 Å². The molecule has 0 unspecified atom stereocenters. The lowest BCUT2D eigenvalue weighted by Crippen LogP contribution is -2.30. The number of halogens is 2. The SMILES string of the molecule is CCN(CC)CCOCCNC(=O)c1c(Cl)ccc(Cl)c1OC. The Balaban J connectivity index is 2.42. The molecule has 23 heavy (non-hydrogen) atoms. The van der Waals surface area contributed by atoms with E-state index in [-0.39, 0.29) is 17.2 Å². The summed E-state index contributed by atoms with van der Waals surface area (Å²) in [6.07, 6.45) is 0. The number of nitrogens with one attached hydrogen (secondary N) is 1. The lowest BCUT2D eigenvalue weighted by atomic mass is 10.2. The normalized spacial score (nSPS) is 10.9. The largest absolute Gasteiger partial charge is 0.494 e. The highest BCUT2D eigenvalue weighted by molar-refractivity contribution is 6.37. The van der Waals surface area contributed by atoms with E-state index in [1.54, 1.807) is 12.1 Å². The van der Waals surface area contributed by atoms with Gasteiger partial charge in [-0.15, -0.1) is 0 Å². The molecule has 0 aliphatic rings. The molecule has 0 bridgehead atoms. The summed E-state index contributed by atoms with van der Waals surface area (Å²) in [6, 6.07) is 3.16. The number of hydrogen-bond acceptors (Lipinski definition) is 4. The quantitative estimate of drug-likeness (QED) is 0.649. The van der Waals surface area contributed by atoms with Gasteiger partial charge in [-0.1, -0.05) is 37.0 Å². The number of nitrogens with zero attached hydrogens (tertiary/aromatic N) is 1. The van der Waals surface area contributed by atoms with Crippen molar-refractivity contribution in [3.8, 4) is 5.75 Å². The summed E-state index contributed by atoms with van der Waals surface area (Å²) in [7, 11) is 1.45. The fraction of sp³-hybridized carbons (Fsp3) is 0.562. The Hall–Kier alpha value is -1.01. The van der Waals surface area contributed by atoms with Crippen LogP contribution in [0.5, 0.6) is 5.75 Å². The van der Waals surface area contributed by atoms with Crippen LogP contribution in [-0.4, -0.2) is 57.3 Å². The van der Waals surface area contributed by atoms with Crippen LogP contribution < -0.4 is 10.1 Å². The summed E-state index contributed by atoms with van der Waals surface area (Å²) in [5.74, 6) is -0.0548. The van der Waals surface area contributed by atoms with Gasteiger partial charge in [0.2, 0.25) is 0 Å². The molecule has 130 valence electrons. The molecule has 7 heteroatoms. The van der Waals surface area contributed by atoms with E-state index in [9.17, 15) is 4.79 Å². The number of carbonyl (C=O) groups is 1. The Bertz CT molecular complexity index is 508. The summed E-state index contributed by atoms with van der Waals surface area (Å²) in [5.41, 5.74) is 0.241. The topological polar surface area (TPSA) is 50.8 Å². The van der Waals surface area contributed by atoms with Gasteiger partial charge >= 0.3 is 0 Å². The molecule has 1 amide bonds. The smallest absolute Gasteiger partial charge is 0.256 e. The van der Waals surface area contributed by atoms with Gasteiger partial charge < -0.3 is 19.7 Å². The van der Waals surface area contributed by atoms with E-state index in [0.29, 0.717) is 29.8 Å². The molecule has 0 atom stereocenters. The summed E-state index contributed by atoms with van der Waals surface area (Å²) >= 11 is 12.1. The van der Waals surface area contributed by atoms with E-state index in [1.165, 1.54) is 7.11 Å². The number of benzene rings is 1. The number of ether oxygens (including phenoxy) is 2. The van der Waals surface area contributed by atoms with E-state index >= 15 is 0 Å². The first kappa shape index (κ1) is 20.0. The minimum Gasteiger partial charge on any atom is -0.494 e. The minimum absolute atomic E-state index is 0.241. The monoisotopic (exact) mass is 362 g/mol. The highest BCUT2D eigenvalue weighted by atomic mass is 35.5. The van der Waals surface area contributed by atoms with E-state index in [2.05, 4.69) is 24.1 Å². The molecule has 0 saturated carbocycles. The third-order valence-corrected chi connectivity index (χ3v) is 4.08. The molecular formula is C16H24Cl2N2O3. The third-order valence-electron chi connectivity index (χ3n) is 3.47. The van der Waals surface area contributed by atoms with Crippen molar-refractivity contribution in [2.45, 2.75) is 13.8 Å². The standard InChI is InChI=1S/C16H24Cl2N2O3/c1-4-20(5-2)9-11-23-10-8-19-16(21)14-12(17)6-7-13(18)15(14)22-3/h6-7H,4-5,8-11H2,1-3H3,(H,19,21).